The van der Waals surface area contributed by atoms with Gasteiger partial charge in [-0.2, -0.15) is 5.10 Å². The monoisotopic (exact) mass is 230 g/mol. The number of aryl methyl sites for hydroxylation is 1. The van der Waals surface area contributed by atoms with Crippen LogP contribution in [-0.4, -0.2) is 9.78 Å². The number of nitrogens with zero attached hydrogens (tertiary/aromatic N) is 2. The second-order valence-corrected chi connectivity index (χ2v) is 6.75. The van der Waals surface area contributed by atoms with Crippen LogP contribution in [-0.2, 0) is 6.54 Å². The van der Waals surface area contributed by atoms with Gasteiger partial charge in [0.1, 0.15) is 0 Å². The molecule has 4 fully saturated rings. The summed E-state index contributed by atoms with van der Waals surface area (Å²) in [6, 6.07) is 2.13. The molecule has 1 aromatic heterocycles. The largest absolute Gasteiger partial charge is 0.270 e. The molecule has 4 aliphatic carbocycles. The summed E-state index contributed by atoms with van der Waals surface area (Å²) in [5.74, 6) is 5.16. The normalized spacial score (nSPS) is 43.2. The van der Waals surface area contributed by atoms with Crippen molar-refractivity contribution in [2.45, 2.75) is 45.6 Å². The predicted octanol–water partition coefficient (Wildman–Crippen LogP) is 3.26. The van der Waals surface area contributed by atoms with Crippen LogP contribution in [0.3, 0.4) is 0 Å². The summed E-state index contributed by atoms with van der Waals surface area (Å²) in [6.07, 6.45) is 9.61. The van der Waals surface area contributed by atoms with Crippen molar-refractivity contribution in [1.82, 2.24) is 9.78 Å². The van der Waals surface area contributed by atoms with E-state index in [0.29, 0.717) is 0 Å². The first-order valence-corrected chi connectivity index (χ1v) is 7.28. The van der Waals surface area contributed by atoms with Crippen LogP contribution < -0.4 is 0 Å². The maximum atomic E-state index is 4.48. The zero-order valence-electron chi connectivity index (χ0n) is 10.7. The van der Waals surface area contributed by atoms with Gasteiger partial charge in [0.2, 0.25) is 0 Å². The third kappa shape index (κ3) is 1.56. The Bertz CT molecular complexity index is 392. The zero-order valence-corrected chi connectivity index (χ0v) is 10.7. The van der Waals surface area contributed by atoms with Crippen LogP contribution in [0.5, 0.6) is 0 Å². The highest BCUT2D eigenvalue weighted by molar-refractivity contribution is 5.01. The SMILES string of the molecule is Cc1ccnn1CC1C2CC3CC(C2)CC1C3. The molecular weight excluding hydrogens is 208 g/mol. The van der Waals surface area contributed by atoms with Gasteiger partial charge in [-0.25, -0.2) is 0 Å². The number of rotatable bonds is 2. The van der Waals surface area contributed by atoms with E-state index in [1.54, 1.807) is 6.42 Å². The van der Waals surface area contributed by atoms with E-state index in [2.05, 4.69) is 22.8 Å². The van der Waals surface area contributed by atoms with E-state index in [0.717, 1.165) is 29.6 Å². The Balaban J connectivity index is 1.57. The fourth-order valence-corrected chi connectivity index (χ4v) is 5.13. The van der Waals surface area contributed by atoms with Crippen molar-refractivity contribution in [2.75, 3.05) is 0 Å². The number of aromatic nitrogens is 2. The minimum absolute atomic E-state index is 0.932. The summed E-state index contributed by atoms with van der Waals surface area (Å²) in [6.45, 7) is 3.37. The second kappa shape index (κ2) is 3.60. The minimum Gasteiger partial charge on any atom is -0.270 e. The third-order valence-corrected chi connectivity index (χ3v) is 5.73. The quantitative estimate of drug-likeness (QED) is 0.762. The van der Waals surface area contributed by atoms with Crippen molar-refractivity contribution in [2.24, 2.45) is 29.6 Å². The summed E-state index contributed by atoms with van der Waals surface area (Å²) in [5, 5.41) is 4.48. The molecule has 1 heterocycles. The smallest absolute Gasteiger partial charge is 0.0492 e. The van der Waals surface area contributed by atoms with Gasteiger partial charge in [0.25, 0.3) is 0 Å². The molecule has 0 radical (unpaired) electrons. The van der Waals surface area contributed by atoms with E-state index in [1.165, 1.54) is 37.9 Å². The molecule has 1 aromatic rings. The second-order valence-electron chi connectivity index (χ2n) is 6.75. The molecule has 0 N–H and O–H groups in total. The number of hydrogen-bond acceptors (Lipinski definition) is 1. The molecule has 0 atom stereocenters. The molecule has 4 bridgehead atoms. The molecule has 0 amide bonds. The molecule has 0 aliphatic heterocycles. The van der Waals surface area contributed by atoms with E-state index in [1.807, 2.05) is 6.20 Å². The average Bonchev–Trinajstić information content (AvgIpc) is 2.68. The van der Waals surface area contributed by atoms with Gasteiger partial charge in [0, 0.05) is 18.4 Å². The molecule has 0 saturated heterocycles. The Hall–Kier alpha value is -0.790. The Labute approximate surface area is 103 Å². The van der Waals surface area contributed by atoms with Crippen molar-refractivity contribution in [3.63, 3.8) is 0 Å². The first-order chi connectivity index (χ1) is 8.29. The van der Waals surface area contributed by atoms with Crippen LogP contribution in [0.2, 0.25) is 0 Å². The third-order valence-electron chi connectivity index (χ3n) is 5.73. The van der Waals surface area contributed by atoms with E-state index < -0.39 is 0 Å². The lowest BCUT2D eigenvalue weighted by Crippen LogP contribution is -2.46. The van der Waals surface area contributed by atoms with Gasteiger partial charge in [-0.15, -0.1) is 0 Å². The summed E-state index contributed by atoms with van der Waals surface area (Å²) in [5.41, 5.74) is 1.33. The fourth-order valence-electron chi connectivity index (χ4n) is 5.13. The summed E-state index contributed by atoms with van der Waals surface area (Å²) in [7, 11) is 0. The fraction of sp³-hybridized carbons (Fsp3) is 0.800. The molecule has 2 nitrogen and oxygen atoms in total. The molecule has 0 unspecified atom stereocenters. The van der Waals surface area contributed by atoms with Gasteiger partial charge in [-0.05, 0) is 74.7 Å². The van der Waals surface area contributed by atoms with Crippen molar-refractivity contribution in [3.8, 4) is 0 Å². The molecule has 0 aromatic carbocycles. The first kappa shape index (κ1) is 10.2. The standard InChI is InChI=1S/C15H22N2/c1-10-2-3-16-17(10)9-15-13-5-11-4-12(7-13)8-14(15)6-11/h2-3,11-15H,4-9H2,1H3. The minimum atomic E-state index is 0.932. The highest BCUT2D eigenvalue weighted by Crippen LogP contribution is 2.56. The highest BCUT2D eigenvalue weighted by Gasteiger charge is 2.48. The molecule has 17 heavy (non-hydrogen) atoms. The maximum absolute atomic E-state index is 4.48. The molecule has 92 valence electrons. The molecule has 0 spiro atoms. The van der Waals surface area contributed by atoms with Crippen molar-refractivity contribution in [1.29, 1.82) is 0 Å². The number of hydrogen-bond donors (Lipinski definition) is 0. The Morgan fingerprint density at radius 2 is 1.76 bits per heavy atom. The molecular formula is C15H22N2. The Kier molecular flexibility index (Phi) is 2.15. The van der Waals surface area contributed by atoms with Crippen molar-refractivity contribution < 1.29 is 0 Å². The lowest BCUT2D eigenvalue weighted by atomic mass is 9.52. The van der Waals surface area contributed by atoms with Gasteiger partial charge in [-0.3, -0.25) is 4.68 Å². The zero-order chi connectivity index (χ0) is 11.4. The van der Waals surface area contributed by atoms with Crippen LogP contribution in [0, 0.1) is 36.5 Å². The van der Waals surface area contributed by atoms with E-state index in [-0.39, 0.29) is 0 Å². The maximum Gasteiger partial charge on any atom is 0.0492 e. The molecule has 4 saturated carbocycles. The summed E-state index contributed by atoms with van der Waals surface area (Å²) < 4.78 is 2.24. The van der Waals surface area contributed by atoms with Crippen LogP contribution in [0.15, 0.2) is 12.3 Å². The summed E-state index contributed by atoms with van der Waals surface area (Å²) in [4.78, 5) is 0. The first-order valence-electron chi connectivity index (χ1n) is 7.28. The topological polar surface area (TPSA) is 17.8 Å². The highest BCUT2D eigenvalue weighted by atomic mass is 15.3. The summed E-state index contributed by atoms with van der Waals surface area (Å²) >= 11 is 0. The van der Waals surface area contributed by atoms with Crippen molar-refractivity contribution >= 4 is 0 Å². The van der Waals surface area contributed by atoms with Gasteiger partial charge in [0.05, 0.1) is 0 Å². The Morgan fingerprint density at radius 3 is 2.29 bits per heavy atom. The van der Waals surface area contributed by atoms with E-state index in [4.69, 9.17) is 0 Å². The van der Waals surface area contributed by atoms with Gasteiger partial charge < -0.3 is 0 Å². The average molecular weight is 230 g/mol. The molecule has 2 heteroatoms. The van der Waals surface area contributed by atoms with E-state index >= 15 is 0 Å². The van der Waals surface area contributed by atoms with Gasteiger partial charge >= 0.3 is 0 Å². The van der Waals surface area contributed by atoms with Crippen molar-refractivity contribution in [3.05, 3.63) is 18.0 Å². The van der Waals surface area contributed by atoms with Crippen LogP contribution in [0.25, 0.3) is 0 Å². The predicted molar refractivity (Wildman–Crippen MR) is 67.5 cm³/mol. The van der Waals surface area contributed by atoms with Gasteiger partial charge in [-0.1, -0.05) is 0 Å². The van der Waals surface area contributed by atoms with E-state index in [9.17, 15) is 0 Å². The molecule has 4 aliphatic rings. The lowest BCUT2D eigenvalue weighted by Gasteiger charge is -2.54. The van der Waals surface area contributed by atoms with Crippen LogP contribution in [0.1, 0.15) is 37.8 Å². The lowest BCUT2D eigenvalue weighted by molar-refractivity contribution is -0.0444. The molecule has 5 rings (SSSR count). The Morgan fingerprint density at radius 1 is 1.12 bits per heavy atom. The van der Waals surface area contributed by atoms with Crippen LogP contribution in [0.4, 0.5) is 0 Å². The van der Waals surface area contributed by atoms with Gasteiger partial charge in [0.15, 0.2) is 0 Å². The van der Waals surface area contributed by atoms with Crippen LogP contribution >= 0.6 is 0 Å².